The minimum Gasteiger partial charge on any atom is -0.133 e. The third-order valence-electron chi connectivity index (χ3n) is 2.37. The molecule has 3 heteroatoms. The van der Waals surface area contributed by atoms with E-state index in [0.29, 0.717) is 5.88 Å². The molecule has 1 aromatic heterocycles. The Bertz CT molecular complexity index is 460. The summed E-state index contributed by atoms with van der Waals surface area (Å²) in [5.74, 6) is 0.596. The fraction of sp³-hybridized carbons (Fsp3) is 0.273. The number of hydrogen-bond donors (Lipinski definition) is 1. The van der Waals surface area contributed by atoms with Crippen LogP contribution >= 0.6 is 35.6 Å². The molecule has 74 valence electrons. The second-order valence-electron chi connectivity index (χ2n) is 3.19. The number of hydrogen-bond acceptors (Lipinski definition) is 2. The van der Waals surface area contributed by atoms with E-state index in [1.54, 1.807) is 11.3 Å². The predicted molar refractivity (Wildman–Crippen MR) is 68.0 cm³/mol. The summed E-state index contributed by atoms with van der Waals surface area (Å²) >= 11 is 12.0. The van der Waals surface area contributed by atoms with E-state index in [2.05, 4.69) is 37.8 Å². The fourth-order valence-corrected chi connectivity index (χ4v) is 3.40. The molecule has 0 N–H and O–H groups in total. The van der Waals surface area contributed by atoms with Crippen LogP contribution in [-0.4, -0.2) is 0 Å². The van der Waals surface area contributed by atoms with Crippen molar-refractivity contribution in [1.82, 2.24) is 0 Å². The van der Waals surface area contributed by atoms with E-state index in [9.17, 15) is 0 Å². The van der Waals surface area contributed by atoms with Crippen LogP contribution in [-0.2, 0) is 12.3 Å². The van der Waals surface area contributed by atoms with Crippen LogP contribution in [0.15, 0.2) is 22.4 Å². The molecule has 0 nitrogen and oxygen atoms in total. The molecular weight excluding hydrogens is 232 g/mol. The highest BCUT2D eigenvalue weighted by Gasteiger charge is 2.07. The van der Waals surface area contributed by atoms with Crippen molar-refractivity contribution < 1.29 is 0 Å². The Morgan fingerprint density at radius 2 is 2.21 bits per heavy atom. The van der Waals surface area contributed by atoms with Crippen molar-refractivity contribution >= 4 is 45.7 Å². The smallest absolute Gasteiger partial charge is 0.0580 e. The highest BCUT2D eigenvalue weighted by Crippen LogP contribution is 2.33. The maximum Gasteiger partial charge on any atom is 0.0580 e. The van der Waals surface area contributed by atoms with Gasteiger partial charge in [0.05, 0.1) is 4.21 Å². The molecular formula is C11H11ClS2. The number of alkyl halides is 1. The summed E-state index contributed by atoms with van der Waals surface area (Å²) in [6, 6.07) is 6.36. The zero-order chi connectivity index (χ0) is 10.1. The average molecular weight is 243 g/mol. The number of benzene rings is 1. The lowest BCUT2D eigenvalue weighted by Gasteiger charge is -2.05. The number of aryl methyl sites for hydroxylation is 1. The Morgan fingerprint density at radius 1 is 1.43 bits per heavy atom. The highest BCUT2D eigenvalue weighted by molar-refractivity contribution is 7.83. The van der Waals surface area contributed by atoms with Gasteiger partial charge in [-0.2, -0.15) is 0 Å². The SMILES string of the molecule is CCc1c(CCl)ccc2cc(S)sc12. The minimum atomic E-state index is 0.596. The van der Waals surface area contributed by atoms with Crippen LogP contribution in [0.25, 0.3) is 10.1 Å². The van der Waals surface area contributed by atoms with Crippen molar-refractivity contribution in [1.29, 1.82) is 0 Å². The van der Waals surface area contributed by atoms with Crippen molar-refractivity contribution in [2.45, 2.75) is 23.4 Å². The molecule has 0 aliphatic heterocycles. The van der Waals surface area contributed by atoms with Crippen molar-refractivity contribution in [3.05, 3.63) is 29.3 Å². The van der Waals surface area contributed by atoms with E-state index in [0.717, 1.165) is 10.6 Å². The molecule has 1 aromatic carbocycles. The third-order valence-corrected chi connectivity index (χ3v) is 4.08. The molecule has 0 saturated heterocycles. The third kappa shape index (κ3) is 1.67. The van der Waals surface area contributed by atoms with Gasteiger partial charge in [-0.1, -0.05) is 19.1 Å². The summed E-state index contributed by atoms with van der Waals surface area (Å²) in [4.78, 5) is 0. The first-order valence-corrected chi connectivity index (χ1v) is 6.35. The van der Waals surface area contributed by atoms with Gasteiger partial charge in [0.15, 0.2) is 0 Å². The zero-order valence-electron chi connectivity index (χ0n) is 7.88. The summed E-state index contributed by atoms with van der Waals surface area (Å²) < 4.78 is 2.41. The summed E-state index contributed by atoms with van der Waals surface area (Å²) in [6.07, 6.45) is 1.03. The lowest BCUT2D eigenvalue weighted by Crippen LogP contribution is -1.88. The molecule has 0 unspecified atom stereocenters. The lowest BCUT2D eigenvalue weighted by atomic mass is 10.0. The van der Waals surface area contributed by atoms with Crippen LogP contribution in [0.2, 0.25) is 0 Å². The largest absolute Gasteiger partial charge is 0.133 e. The molecule has 0 spiro atoms. The predicted octanol–water partition coefficient (Wildman–Crippen LogP) is 4.49. The molecule has 1 heterocycles. The molecule has 0 bridgehead atoms. The quantitative estimate of drug-likeness (QED) is 0.582. The van der Waals surface area contributed by atoms with Gasteiger partial charge in [0, 0.05) is 10.6 Å². The van der Waals surface area contributed by atoms with Gasteiger partial charge in [-0.15, -0.1) is 35.6 Å². The highest BCUT2D eigenvalue weighted by atomic mass is 35.5. The minimum absolute atomic E-state index is 0.596. The van der Waals surface area contributed by atoms with Crippen molar-refractivity contribution in [2.75, 3.05) is 0 Å². The molecule has 0 aliphatic carbocycles. The number of thiophene rings is 1. The molecule has 2 rings (SSSR count). The molecule has 0 saturated carbocycles. The first kappa shape index (κ1) is 10.3. The van der Waals surface area contributed by atoms with Gasteiger partial charge in [-0.25, -0.2) is 0 Å². The van der Waals surface area contributed by atoms with Crippen molar-refractivity contribution in [3.63, 3.8) is 0 Å². The monoisotopic (exact) mass is 242 g/mol. The second-order valence-corrected chi connectivity index (χ2v) is 5.30. The Labute approximate surface area is 98.3 Å². The van der Waals surface area contributed by atoms with Gasteiger partial charge in [-0.05, 0) is 29.0 Å². The molecule has 0 fully saturated rings. The Morgan fingerprint density at radius 3 is 2.86 bits per heavy atom. The first-order chi connectivity index (χ1) is 6.76. The summed E-state index contributed by atoms with van der Waals surface area (Å²) in [7, 11) is 0. The molecule has 0 radical (unpaired) electrons. The maximum absolute atomic E-state index is 5.90. The van der Waals surface area contributed by atoms with Gasteiger partial charge in [0.25, 0.3) is 0 Å². The van der Waals surface area contributed by atoms with Crippen LogP contribution in [0, 0.1) is 0 Å². The van der Waals surface area contributed by atoms with Crippen molar-refractivity contribution in [3.8, 4) is 0 Å². The van der Waals surface area contributed by atoms with Gasteiger partial charge in [0.2, 0.25) is 0 Å². The van der Waals surface area contributed by atoms with E-state index >= 15 is 0 Å². The molecule has 2 aromatic rings. The zero-order valence-corrected chi connectivity index (χ0v) is 10.3. The van der Waals surface area contributed by atoms with E-state index in [1.165, 1.54) is 21.2 Å². The summed E-state index contributed by atoms with van der Waals surface area (Å²) in [5.41, 5.74) is 2.62. The standard InChI is InChI=1S/C11H11ClS2/c1-2-9-8(6-12)4-3-7-5-10(13)14-11(7)9/h3-5,13H,2,6H2,1H3. The Balaban J connectivity index is 2.75. The van der Waals surface area contributed by atoms with E-state index in [1.807, 2.05) is 0 Å². The summed E-state index contributed by atoms with van der Waals surface area (Å²) in [5, 5.41) is 1.28. The summed E-state index contributed by atoms with van der Waals surface area (Å²) in [6.45, 7) is 2.17. The van der Waals surface area contributed by atoms with Gasteiger partial charge in [-0.3, -0.25) is 0 Å². The number of halogens is 1. The fourth-order valence-electron chi connectivity index (χ4n) is 1.70. The van der Waals surface area contributed by atoms with Crippen LogP contribution < -0.4 is 0 Å². The van der Waals surface area contributed by atoms with Gasteiger partial charge < -0.3 is 0 Å². The van der Waals surface area contributed by atoms with E-state index in [-0.39, 0.29) is 0 Å². The maximum atomic E-state index is 5.90. The second kappa shape index (κ2) is 4.13. The number of thiol groups is 1. The van der Waals surface area contributed by atoms with Gasteiger partial charge >= 0.3 is 0 Å². The van der Waals surface area contributed by atoms with E-state index < -0.39 is 0 Å². The van der Waals surface area contributed by atoms with Crippen LogP contribution in [0.4, 0.5) is 0 Å². The number of fused-ring (bicyclic) bond motifs is 1. The van der Waals surface area contributed by atoms with Gasteiger partial charge in [0.1, 0.15) is 0 Å². The molecule has 0 amide bonds. The van der Waals surface area contributed by atoms with E-state index in [4.69, 9.17) is 11.6 Å². The number of rotatable bonds is 2. The van der Waals surface area contributed by atoms with Crippen LogP contribution in [0.5, 0.6) is 0 Å². The Kier molecular flexibility index (Phi) is 3.05. The van der Waals surface area contributed by atoms with Crippen LogP contribution in [0.1, 0.15) is 18.1 Å². The lowest BCUT2D eigenvalue weighted by molar-refractivity contribution is 1.12. The molecule has 0 aliphatic rings. The molecule has 0 atom stereocenters. The Hall–Kier alpha value is -0.180. The van der Waals surface area contributed by atoms with Crippen LogP contribution in [0.3, 0.4) is 0 Å². The molecule has 14 heavy (non-hydrogen) atoms. The topological polar surface area (TPSA) is 0 Å². The van der Waals surface area contributed by atoms with Crippen molar-refractivity contribution in [2.24, 2.45) is 0 Å². The normalized spacial score (nSPS) is 11.1. The first-order valence-electron chi connectivity index (χ1n) is 4.55. The average Bonchev–Trinajstić information content (AvgIpc) is 2.56.